The van der Waals surface area contributed by atoms with Crippen LogP contribution in [-0.2, 0) is 14.2 Å². The van der Waals surface area contributed by atoms with Gasteiger partial charge in [-0.05, 0) is 12.1 Å². The molecular formula is C14H17FO7. The zero-order valence-corrected chi connectivity index (χ0v) is 11.8. The van der Waals surface area contributed by atoms with Crippen LogP contribution in [0.3, 0.4) is 0 Å². The second-order valence-electron chi connectivity index (χ2n) is 4.79. The molecule has 2 rings (SSSR count). The van der Waals surface area contributed by atoms with Gasteiger partial charge in [-0.3, -0.25) is 0 Å². The van der Waals surface area contributed by atoms with Crippen LogP contribution in [0.2, 0.25) is 0 Å². The third-order valence-corrected chi connectivity index (χ3v) is 3.39. The molecule has 0 aliphatic carbocycles. The number of carbonyl (C=O) groups is 1. The maximum atomic E-state index is 13.6. The topological polar surface area (TPSA) is 105 Å². The molecule has 3 N–H and O–H groups in total. The summed E-state index contributed by atoms with van der Waals surface area (Å²) in [6.45, 7) is -0.568. The molecule has 1 aliphatic rings. The summed E-state index contributed by atoms with van der Waals surface area (Å²) in [5, 5.41) is 29.2. The van der Waals surface area contributed by atoms with Gasteiger partial charge in [-0.15, -0.1) is 0 Å². The smallest absolute Gasteiger partial charge is 0.341 e. The van der Waals surface area contributed by atoms with Gasteiger partial charge < -0.3 is 29.5 Å². The fourth-order valence-corrected chi connectivity index (χ4v) is 2.20. The maximum Gasteiger partial charge on any atom is 0.341 e. The Hall–Kier alpha value is -1.58. The number of carbonyl (C=O) groups excluding carboxylic acids is 1. The number of benzene rings is 1. The molecule has 1 heterocycles. The lowest BCUT2D eigenvalue weighted by atomic mass is 9.99. The summed E-state index contributed by atoms with van der Waals surface area (Å²) in [5.41, 5.74) is -0.331. The first-order chi connectivity index (χ1) is 10.5. The van der Waals surface area contributed by atoms with Crippen molar-refractivity contribution in [2.75, 3.05) is 13.7 Å². The van der Waals surface area contributed by atoms with E-state index in [0.717, 1.165) is 6.07 Å². The number of hydrogen-bond donors (Lipinski definition) is 3. The highest BCUT2D eigenvalue weighted by atomic mass is 19.1. The summed E-state index contributed by atoms with van der Waals surface area (Å²) < 4.78 is 28.5. The van der Waals surface area contributed by atoms with Crippen LogP contribution in [0.25, 0.3) is 0 Å². The lowest BCUT2D eigenvalue weighted by molar-refractivity contribution is -0.293. The van der Waals surface area contributed by atoms with E-state index in [9.17, 15) is 19.4 Å². The second-order valence-corrected chi connectivity index (χ2v) is 4.79. The van der Waals surface area contributed by atoms with Gasteiger partial charge in [0.25, 0.3) is 0 Å². The lowest BCUT2D eigenvalue weighted by Gasteiger charge is -2.40. The van der Waals surface area contributed by atoms with E-state index in [4.69, 9.17) is 19.3 Å². The Morgan fingerprint density at radius 2 is 2.00 bits per heavy atom. The van der Waals surface area contributed by atoms with E-state index in [0.29, 0.717) is 0 Å². The summed E-state index contributed by atoms with van der Waals surface area (Å²) in [6, 6.07) is 5.16. The SMILES string of the molecule is CO[C@H]1O[C@H](CO)[C@@H](O)[C@H](OC(=O)c2ccccc2F)[C@H]1O. The first-order valence-electron chi connectivity index (χ1n) is 6.60. The number of aliphatic hydroxyl groups excluding tert-OH is 3. The predicted molar refractivity (Wildman–Crippen MR) is 70.4 cm³/mol. The van der Waals surface area contributed by atoms with Gasteiger partial charge in [-0.25, -0.2) is 9.18 Å². The van der Waals surface area contributed by atoms with Crippen molar-refractivity contribution in [2.45, 2.75) is 30.7 Å². The van der Waals surface area contributed by atoms with Crippen molar-refractivity contribution in [3.8, 4) is 0 Å². The summed E-state index contributed by atoms with van der Waals surface area (Å²) >= 11 is 0. The minimum absolute atomic E-state index is 0.331. The zero-order valence-electron chi connectivity index (χ0n) is 11.8. The van der Waals surface area contributed by atoms with E-state index in [1.165, 1.54) is 25.3 Å². The van der Waals surface area contributed by atoms with Gasteiger partial charge in [-0.1, -0.05) is 12.1 Å². The third-order valence-electron chi connectivity index (χ3n) is 3.39. The molecule has 0 aromatic heterocycles. The van der Waals surface area contributed by atoms with E-state index >= 15 is 0 Å². The number of halogens is 1. The Kier molecular flexibility index (Phi) is 5.43. The molecule has 0 bridgehead atoms. The fraction of sp³-hybridized carbons (Fsp3) is 0.500. The van der Waals surface area contributed by atoms with Crippen LogP contribution in [0.5, 0.6) is 0 Å². The highest BCUT2D eigenvalue weighted by Crippen LogP contribution is 2.25. The quantitative estimate of drug-likeness (QED) is 0.639. The molecule has 1 aliphatic heterocycles. The molecule has 1 fully saturated rings. The Morgan fingerprint density at radius 3 is 2.59 bits per heavy atom. The number of hydrogen-bond acceptors (Lipinski definition) is 7. The van der Waals surface area contributed by atoms with Crippen molar-refractivity contribution in [1.82, 2.24) is 0 Å². The van der Waals surface area contributed by atoms with Crippen molar-refractivity contribution in [2.24, 2.45) is 0 Å². The van der Waals surface area contributed by atoms with Crippen molar-refractivity contribution in [3.05, 3.63) is 35.6 Å². The number of esters is 1. The highest BCUT2D eigenvalue weighted by molar-refractivity contribution is 5.89. The molecule has 1 aromatic carbocycles. The number of rotatable bonds is 4. The summed E-state index contributed by atoms with van der Waals surface area (Å²) in [7, 11) is 1.25. The van der Waals surface area contributed by atoms with Crippen LogP contribution in [0, 0.1) is 5.82 Å². The molecule has 5 atom stereocenters. The minimum Gasteiger partial charge on any atom is -0.453 e. The van der Waals surface area contributed by atoms with Gasteiger partial charge in [0.2, 0.25) is 0 Å². The zero-order chi connectivity index (χ0) is 16.3. The third kappa shape index (κ3) is 3.26. The molecule has 7 nitrogen and oxygen atoms in total. The molecule has 0 spiro atoms. The summed E-state index contributed by atoms with van der Waals surface area (Å²) in [5.74, 6) is -1.83. The second kappa shape index (κ2) is 7.12. The molecule has 0 saturated carbocycles. The maximum absolute atomic E-state index is 13.6. The minimum atomic E-state index is -1.49. The standard InChI is InChI=1S/C14H17FO7/c1-20-14-11(18)12(10(17)9(6-16)21-14)22-13(19)7-4-2-3-5-8(7)15/h2-5,9-12,14,16-18H,6H2,1H3/t9-,10-,11-,12+,14+/m1/s1. The van der Waals surface area contributed by atoms with Crippen molar-refractivity contribution >= 4 is 5.97 Å². The van der Waals surface area contributed by atoms with Crippen molar-refractivity contribution in [1.29, 1.82) is 0 Å². The molecular weight excluding hydrogens is 299 g/mol. The predicted octanol–water partition coefficient (Wildman–Crippen LogP) is -0.564. The van der Waals surface area contributed by atoms with Gasteiger partial charge in [0.1, 0.15) is 24.1 Å². The number of aliphatic hydroxyl groups is 3. The first kappa shape index (κ1) is 16.8. The van der Waals surface area contributed by atoms with Crippen LogP contribution >= 0.6 is 0 Å². The summed E-state index contributed by atoms with van der Waals surface area (Å²) in [6.07, 6.45) is -6.70. The molecule has 1 aromatic rings. The molecule has 1 saturated heterocycles. The highest BCUT2D eigenvalue weighted by Gasteiger charge is 2.47. The van der Waals surface area contributed by atoms with Gasteiger partial charge in [0.15, 0.2) is 12.4 Å². The average Bonchev–Trinajstić information content (AvgIpc) is 2.52. The summed E-state index contributed by atoms with van der Waals surface area (Å²) in [4.78, 5) is 12.0. The van der Waals surface area contributed by atoms with E-state index in [2.05, 4.69) is 0 Å². The van der Waals surface area contributed by atoms with Crippen LogP contribution in [0.4, 0.5) is 4.39 Å². The fourth-order valence-electron chi connectivity index (χ4n) is 2.20. The molecule has 8 heteroatoms. The van der Waals surface area contributed by atoms with Gasteiger partial charge in [-0.2, -0.15) is 0 Å². The van der Waals surface area contributed by atoms with E-state index in [1.54, 1.807) is 0 Å². The molecule has 22 heavy (non-hydrogen) atoms. The Morgan fingerprint density at radius 1 is 1.32 bits per heavy atom. The van der Waals surface area contributed by atoms with E-state index < -0.39 is 49.1 Å². The normalized spacial score (nSPS) is 31.8. The number of ether oxygens (including phenoxy) is 3. The van der Waals surface area contributed by atoms with Crippen LogP contribution in [0.1, 0.15) is 10.4 Å². The largest absolute Gasteiger partial charge is 0.453 e. The monoisotopic (exact) mass is 316 g/mol. The molecule has 0 radical (unpaired) electrons. The van der Waals surface area contributed by atoms with Gasteiger partial charge in [0.05, 0.1) is 12.2 Å². The van der Waals surface area contributed by atoms with Crippen LogP contribution in [0.15, 0.2) is 24.3 Å². The molecule has 0 amide bonds. The van der Waals surface area contributed by atoms with Gasteiger partial charge >= 0.3 is 5.97 Å². The van der Waals surface area contributed by atoms with Gasteiger partial charge in [0, 0.05) is 7.11 Å². The molecule has 0 unspecified atom stereocenters. The Labute approximate surface area is 125 Å². The Bertz CT molecular complexity index is 508. The van der Waals surface area contributed by atoms with Crippen molar-refractivity contribution < 1.29 is 38.7 Å². The first-order valence-corrected chi connectivity index (χ1v) is 6.60. The van der Waals surface area contributed by atoms with E-state index in [1.807, 2.05) is 0 Å². The Balaban J connectivity index is 2.18. The van der Waals surface area contributed by atoms with Crippen LogP contribution < -0.4 is 0 Å². The van der Waals surface area contributed by atoms with E-state index in [-0.39, 0.29) is 5.56 Å². The van der Waals surface area contributed by atoms with Crippen LogP contribution in [-0.4, -0.2) is 65.7 Å². The molecule has 122 valence electrons. The average molecular weight is 316 g/mol. The number of methoxy groups -OCH3 is 1. The lowest BCUT2D eigenvalue weighted by Crippen LogP contribution is -2.60. The van der Waals surface area contributed by atoms with Crippen molar-refractivity contribution in [3.63, 3.8) is 0 Å².